The normalized spacial score (nSPS) is 9.47. The van der Waals surface area contributed by atoms with Gasteiger partial charge in [0.05, 0.1) is 12.3 Å². The Kier molecular flexibility index (Phi) is 4.28. The van der Waals surface area contributed by atoms with Gasteiger partial charge in [0.1, 0.15) is 11.4 Å². The number of nitrogens with zero attached hydrogens (tertiary/aromatic N) is 2. The highest BCUT2D eigenvalue weighted by Gasteiger charge is 2.17. The number of hydrogen-bond donors (Lipinski definition) is 1. The van der Waals surface area contributed by atoms with Crippen LogP contribution in [0.1, 0.15) is 6.92 Å². The van der Waals surface area contributed by atoms with Crippen LogP contribution in [0.3, 0.4) is 0 Å². The third-order valence-corrected chi connectivity index (χ3v) is 1.98. The minimum absolute atomic E-state index is 0.0347. The lowest BCUT2D eigenvalue weighted by Gasteiger charge is -2.19. The topological polar surface area (TPSA) is 62.1 Å². The molecule has 0 saturated carbocycles. The third-order valence-electron chi connectivity index (χ3n) is 1.98. The molecule has 5 nitrogen and oxygen atoms in total. The molecule has 1 aromatic rings. The maximum atomic E-state index is 11.5. The second kappa shape index (κ2) is 5.69. The van der Waals surface area contributed by atoms with Crippen molar-refractivity contribution in [3.63, 3.8) is 0 Å². The number of hydrazone groups is 1. The lowest BCUT2D eigenvalue weighted by molar-refractivity contribution is -0.138. The molecular formula is C12H14N2O3. The SMILES string of the molecule is C=NN(C(=C)C(=O)OCC)c1cccc(O)c1. The minimum Gasteiger partial charge on any atom is -0.508 e. The van der Waals surface area contributed by atoms with Gasteiger partial charge in [-0.2, -0.15) is 5.10 Å². The second-order valence-electron chi connectivity index (χ2n) is 3.14. The molecule has 0 atom stereocenters. The van der Waals surface area contributed by atoms with Gasteiger partial charge < -0.3 is 9.84 Å². The van der Waals surface area contributed by atoms with Gasteiger partial charge in [-0.1, -0.05) is 12.6 Å². The number of esters is 1. The standard InChI is InChI=1S/C12H14N2O3/c1-4-17-12(16)9(2)14(13-3)10-6-5-7-11(15)8-10/h5-8,15H,2-4H2,1H3. The quantitative estimate of drug-likeness (QED) is 0.366. The summed E-state index contributed by atoms with van der Waals surface area (Å²) in [7, 11) is 0. The van der Waals surface area contributed by atoms with Crippen LogP contribution in [0.15, 0.2) is 41.6 Å². The van der Waals surface area contributed by atoms with Crippen molar-refractivity contribution in [3.05, 3.63) is 36.5 Å². The molecule has 0 saturated heterocycles. The molecule has 0 heterocycles. The fraction of sp³-hybridized carbons (Fsp3) is 0.167. The molecule has 0 spiro atoms. The van der Waals surface area contributed by atoms with Gasteiger partial charge >= 0.3 is 5.97 Å². The molecule has 1 aromatic carbocycles. The van der Waals surface area contributed by atoms with E-state index in [2.05, 4.69) is 18.4 Å². The molecule has 0 unspecified atom stereocenters. The van der Waals surface area contributed by atoms with Crippen molar-refractivity contribution < 1.29 is 14.6 Å². The third kappa shape index (κ3) is 3.07. The van der Waals surface area contributed by atoms with Crippen LogP contribution in [0.2, 0.25) is 0 Å². The highest BCUT2D eigenvalue weighted by atomic mass is 16.5. The molecule has 0 aliphatic rings. The van der Waals surface area contributed by atoms with Crippen LogP contribution in [-0.4, -0.2) is 24.4 Å². The van der Waals surface area contributed by atoms with Crippen molar-refractivity contribution in [1.29, 1.82) is 0 Å². The number of ether oxygens (including phenoxy) is 1. The van der Waals surface area contributed by atoms with E-state index in [-0.39, 0.29) is 18.1 Å². The Labute approximate surface area is 99.6 Å². The molecule has 0 bridgehead atoms. The van der Waals surface area contributed by atoms with Crippen molar-refractivity contribution in [2.45, 2.75) is 6.92 Å². The lowest BCUT2D eigenvalue weighted by Crippen LogP contribution is -2.22. The minimum atomic E-state index is -0.580. The number of aromatic hydroxyl groups is 1. The van der Waals surface area contributed by atoms with Gasteiger partial charge in [-0.3, -0.25) is 0 Å². The van der Waals surface area contributed by atoms with Crippen molar-refractivity contribution in [1.82, 2.24) is 0 Å². The first-order valence-corrected chi connectivity index (χ1v) is 5.02. The van der Waals surface area contributed by atoms with Crippen LogP contribution in [0.25, 0.3) is 0 Å². The van der Waals surface area contributed by atoms with Gasteiger partial charge in [0.2, 0.25) is 0 Å². The van der Waals surface area contributed by atoms with E-state index in [1.165, 1.54) is 17.1 Å². The molecule has 17 heavy (non-hydrogen) atoms. The van der Waals surface area contributed by atoms with E-state index in [0.717, 1.165) is 0 Å². The monoisotopic (exact) mass is 234 g/mol. The predicted octanol–water partition coefficient (Wildman–Crippen LogP) is 1.89. The average Bonchev–Trinajstić information content (AvgIpc) is 2.30. The van der Waals surface area contributed by atoms with Gasteiger partial charge in [-0.25, -0.2) is 9.80 Å². The molecular weight excluding hydrogens is 220 g/mol. The van der Waals surface area contributed by atoms with Crippen LogP contribution in [0, 0.1) is 0 Å². The molecule has 0 aliphatic carbocycles. The summed E-state index contributed by atoms with van der Waals surface area (Å²) in [5.74, 6) is -0.518. The van der Waals surface area contributed by atoms with Gasteiger partial charge in [-0.05, 0) is 19.1 Å². The molecule has 0 fully saturated rings. The smallest absolute Gasteiger partial charge is 0.356 e. The Balaban J connectivity index is 2.96. The van der Waals surface area contributed by atoms with Gasteiger partial charge in [-0.15, -0.1) is 0 Å². The summed E-state index contributed by atoms with van der Waals surface area (Å²) in [6, 6.07) is 6.25. The van der Waals surface area contributed by atoms with Gasteiger partial charge in [0.15, 0.2) is 0 Å². The summed E-state index contributed by atoms with van der Waals surface area (Å²) < 4.78 is 4.81. The van der Waals surface area contributed by atoms with Crippen LogP contribution < -0.4 is 5.01 Å². The molecule has 0 radical (unpaired) electrons. The van der Waals surface area contributed by atoms with E-state index in [1.54, 1.807) is 19.1 Å². The molecule has 5 heteroatoms. The van der Waals surface area contributed by atoms with Crippen molar-refractivity contribution in [2.24, 2.45) is 5.10 Å². The molecule has 0 aliphatic heterocycles. The number of phenolic OH excluding ortho intramolecular Hbond substituents is 1. The molecule has 0 amide bonds. The van der Waals surface area contributed by atoms with Crippen molar-refractivity contribution in [3.8, 4) is 5.75 Å². The average molecular weight is 234 g/mol. The predicted molar refractivity (Wildman–Crippen MR) is 65.9 cm³/mol. The molecule has 1 N–H and O–H groups in total. The van der Waals surface area contributed by atoms with Crippen LogP contribution in [0.4, 0.5) is 5.69 Å². The zero-order valence-electron chi connectivity index (χ0n) is 9.59. The first-order valence-electron chi connectivity index (χ1n) is 5.02. The highest BCUT2D eigenvalue weighted by molar-refractivity contribution is 5.92. The highest BCUT2D eigenvalue weighted by Crippen LogP contribution is 2.23. The summed E-state index contributed by atoms with van der Waals surface area (Å²) in [4.78, 5) is 11.5. The first-order chi connectivity index (χ1) is 8.10. The Bertz CT molecular complexity index is 443. The lowest BCUT2D eigenvalue weighted by atomic mass is 10.3. The number of carbonyl (C=O) groups is 1. The van der Waals surface area contributed by atoms with E-state index in [0.29, 0.717) is 5.69 Å². The van der Waals surface area contributed by atoms with E-state index in [1.807, 2.05) is 0 Å². The Hall–Kier alpha value is -2.30. The van der Waals surface area contributed by atoms with Gasteiger partial charge in [0.25, 0.3) is 0 Å². The zero-order chi connectivity index (χ0) is 12.8. The number of rotatable bonds is 5. The molecule has 90 valence electrons. The Morgan fingerprint density at radius 2 is 2.29 bits per heavy atom. The van der Waals surface area contributed by atoms with E-state index >= 15 is 0 Å². The fourth-order valence-electron chi connectivity index (χ4n) is 1.25. The maximum Gasteiger partial charge on any atom is 0.356 e. The van der Waals surface area contributed by atoms with Crippen molar-refractivity contribution >= 4 is 18.4 Å². The summed E-state index contributed by atoms with van der Waals surface area (Å²) in [6.45, 7) is 8.90. The summed E-state index contributed by atoms with van der Waals surface area (Å²) in [6.07, 6.45) is 0. The van der Waals surface area contributed by atoms with Gasteiger partial charge in [0, 0.05) is 12.8 Å². The van der Waals surface area contributed by atoms with Crippen LogP contribution in [0.5, 0.6) is 5.75 Å². The van der Waals surface area contributed by atoms with Crippen molar-refractivity contribution in [2.75, 3.05) is 11.6 Å². The summed E-state index contributed by atoms with van der Waals surface area (Å²) >= 11 is 0. The first kappa shape index (κ1) is 12.8. The fourth-order valence-corrected chi connectivity index (χ4v) is 1.25. The van der Waals surface area contributed by atoms with Crippen LogP contribution in [-0.2, 0) is 9.53 Å². The maximum absolute atomic E-state index is 11.5. The van der Waals surface area contributed by atoms with E-state index in [4.69, 9.17) is 4.74 Å². The summed E-state index contributed by atoms with van der Waals surface area (Å²) in [5.41, 5.74) is 0.519. The number of benzene rings is 1. The largest absolute Gasteiger partial charge is 0.508 e. The number of phenols is 1. The summed E-state index contributed by atoms with van der Waals surface area (Å²) in [5, 5.41) is 14.2. The Morgan fingerprint density at radius 3 is 2.82 bits per heavy atom. The second-order valence-corrected chi connectivity index (χ2v) is 3.14. The van der Waals surface area contributed by atoms with E-state index < -0.39 is 5.97 Å². The van der Waals surface area contributed by atoms with E-state index in [9.17, 15) is 9.90 Å². The number of carbonyl (C=O) groups excluding carboxylic acids is 1. The molecule has 0 aromatic heterocycles. The number of anilines is 1. The zero-order valence-corrected chi connectivity index (χ0v) is 9.59. The Morgan fingerprint density at radius 1 is 1.59 bits per heavy atom. The number of hydrogen-bond acceptors (Lipinski definition) is 5. The van der Waals surface area contributed by atoms with Crippen LogP contribution >= 0.6 is 0 Å². The molecule has 1 rings (SSSR count).